The molecule has 1 aromatic heterocycles. The van der Waals surface area contributed by atoms with Gasteiger partial charge in [-0.25, -0.2) is 0 Å². The zero-order chi connectivity index (χ0) is 13.3. The van der Waals surface area contributed by atoms with E-state index in [0.29, 0.717) is 13.1 Å². The maximum Gasteiger partial charge on any atom is 0.219 e. The minimum atomic E-state index is -0.00250. The molecule has 0 aliphatic rings. The van der Waals surface area contributed by atoms with Gasteiger partial charge in [0.2, 0.25) is 5.91 Å². The van der Waals surface area contributed by atoms with E-state index in [4.69, 9.17) is 5.11 Å². The van der Waals surface area contributed by atoms with E-state index >= 15 is 0 Å². The highest BCUT2D eigenvalue weighted by molar-refractivity contribution is 5.73. The Labute approximate surface area is 103 Å². The zero-order valence-electron chi connectivity index (χ0n) is 11.1. The monoisotopic (exact) mass is 238 g/mol. The third-order valence-corrected chi connectivity index (χ3v) is 2.25. The first-order valence-corrected chi connectivity index (χ1v) is 5.97. The molecular weight excluding hydrogens is 216 g/mol. The molecule has 0 aliphatic heterocycles. The number of carbonyl (C=O) groups is 1. The zero-order valence-corrected chi connectivity index (χ0v) is 11.1. The van der Waals surface area contributed by atoms with Gasteiger partial charge in [0, 0.05) is 19.7 Å². The lowest BCUT2D eigenvalue weighted by atomic mass is 10.2. The van der Waals surface area contributed by atoms with Crippen molar-refractivity contribution in [3.63, 3.8) is 0 Å². The Kier molecular flexibility index (Phi) is 7.97. The van der Waals surface area contributed by atoms with Gasteiger partial charge in [-0.15, -0.1) is 0 Å². The number of hydrogen-bond donors (Lipinski definition) is 1. The maximum atomic E-state index is 11.2. The van der Waals surface area contributed by atoms with E-state index in [-0.39, 0.29) is 12.5 Å². The summed E-state index contributed by atoms with van der Waals surface area (Å²) in [6.45, 7) is 8.68. The summed E-state index contributed by atoms with van der Waals surface area (Å²) in [7, 11) is 0. The molecule has 0 fully saturated rings. The molecule has 1 heterocycles. The number of aromatic nitrogens is 1. The van der Waals surface area contributed by atoms with Crippen LogP contribution in [0.1, 0.15) is 39.0 Å². The first-order chi connectivity index (χ1) is 8.17. The smallest absolute Gasteiger partial charge is 0.219 e. The van der Waals surface area contributed by atoms with E-state index in [0.717, 1.165) is 11.3 Å². The van der Waals surface area contributed by atoms with E-state index in [9.17, 15) is 4.79 Å². The molecule has 0 aromatic carbocycles. The van der Waals surface area contributed by atoms with Crippen LogP contribution in [0.3, 0.4) is 0 Å². The van der Waals surface area contributed by atoms with Crippen LogP contribution in [-0.4, -0.2) is 27.4 Å². The second-order valence-electron chi connectivity index (χ2n) is 3.35. The topological polar surface area (TPSA) is 53.4 Å². The molecule has 0 saturated carbocycles. The first kappa shape index (κ1) is 15.6. The SMILES string of the molecule is CC.CCN(Cc1ccc(CO)cn1)C(C)=O. The van der Waals surface area contributed by atoms with Gasteiger partial charge >= 0.3 is 0 Å². The summed E-state index contributed by atoms with van der Waals surface area (Å²) in [6.07, 6.45) is 1.63. The average Bonchev–Trinajstić information content (AvgIpc) is 2.38. The van der Waals surface area contributed by atoms with Gasteiger partial charge in [-0.2, -0.15) is 0 Å². The largest absolute Gasteiger partial charge is 0.392 e. The molecule has 0 atom stereocenters. The number of aliphatic hydroxyl groups is 1. The standard InChI is InChI=1S/C11H16N2O2.C2H6/c1-3-13(9(2)15)7-11-5-4-10(8-14)6-12-11;1-2/h4-6,14H,3,7-8H2,1-2H3;1-2H3. The van der Waals surface area contributed by atoms with E-state index in [1.807, 2.05) is 32.9 Å². The predicted molar refractivity (Wildman–Crippen MR) is 68.3 cm³/mol. The van der Waals surface area contributed by atoms with Gasteiger partial charge < -0.3 is 10.0 Å². The average molecular weight is 238 g/mol. The highest BCUT2D eigenvalue weighted by atomic mass is 16.3. The molecule has 17 heavy (non-hydrogen) atoms. The summed E-state index contributed by atoms with van der Waals surface area (Å²) in [6, 6.07) is 3.65. The third-order valence-electron chi connectivity index (χ3n) is 2.25. The molecule has 0 spiro atoms. The molecule has 0 saturated heterocycles. The lowest BCUT2D eigenvalue weighted by molar-refractivity contribution is -0.129. The minimum Gasteiger partial charge on any atom is -0.392 e. The van der Waals surface area contributed by atoms with Crippen molar-refractivity contribution < 1.29 is 9.90 Å². The molecule has 4 nitrogen and oxygen atoms in total. The number of pyridine rings is 1. The molecule has 1 N–H and O–H groups in total. The summed E-state index contributed by atoms with van der Waals surface area (Å²) >= 11 is 0. The highest BCUT2D eigenvalue weighted by Crippen LogP contribution is 2.04. The number of hydrogen-bond acceptors (Lipinski definition) is 3. The Balaban J connectivity index is 0.00000121. The number of carbonyl (C=O) groups excluding carboxylic acids is 1. The van der Waals surface area contributed by atoms with Gasteiger partial charge in [0.15, 0.2) is 0 Å². The van der Waals surface area contributed by atoms with Gasteiger partial charge in [0.25, 0.3) is 0 Å². The van der Waals surface area contributed by atoms with Crippen molar-refractivity contribution in [3.8, 4) is 0 Å². The summed E-state index contributed by atoms with van der Waals surface area (Å²) in [5, 5.41) is 8.84. The molecule has 96 valence electrons. The number of rotatable bonds is 4. The summed E-state index contributed by atoms with van der Waals surface area (Å²) in [5.74, 6) is 0.0468. The van der Waals surface area contributed by atoms with Crippen molar-refractivity contribution in [2.45, 2.75) is 40.8 Å². The van der Waals surface area contributed by atoms with E-state index in [2.05, 4.69) is 4.98 Å². The van der Waals surface area contributed by atoms with Crippen molar-refractivity contribution >= 4 is 5.91 Å². The van der Waals surface area contributed by atoms with Gasteiger partial charge in [-0.1, -0.05) is 19.9 Å². The normalized spacial score (nSPS) is 9.24. The lowest BCUT2D eigenvalue weighted by Crippen LogP contribution is -2.28. The first-order valence-electron chi connectivity index (χ1n) is 5.97. The Morgan fingerprint density at radius 3 is 2.41 bits per heavy atom. The summed E-state index contributed by atoms with van der Waals surface area (Å²) in [4.78, 5) is 17.0. The lowest BCUT2D eigenvalue weighted by Gasteiger charge is -2.18. The van der Waals surface area contributed by atoms with Crippen LogP contribution in [0.4, 0.5) is 0 Å². The van der Waals surface area contributed by atoms with Crippen LogP contribution in [0.5, 0.6) is 0 Å². The Hall–Kier alpha value is -1.42. The van der Waals surface area contributed by atoms with Gasteiger partial charge in [-0.05, 0) is 18.6 Å². The van der Waals surface area contributed by atoms with Crippen LogP contribution in [0.2, 0.25) is 0 Å². The Morgan fingerprint density at radius 1 is 1.41 bits per heavy atom. The number of aliphatic hydroxyl groups excluding tert-OH is 1. The molecular formula is C13H22N2O2. The molecule has 0 radical (unpaired) electrons. The fourth-order valence-electron chi connectivity index (χ4n) is 1.28. The number of nitrogens with zero attached hydrogens (tertiary/aromatic N) is 2. The van der Waals surface area contributed by atoms with Crippen molar-refractivity contribution in [1.29, 1.82) is 0 Å². The summed E-state index contributed by atoms with van der Waals surface area (Å²) in [5.41, 5.74) is 1.62. The van der Waals surface area contributed by atoms with Gasteiger partial charge in [0.05, 0.1) is 18.8 Å². The maximum absolute atomic E-state index is 11.2. The molecule has 0 unspecified atom stereocenters. The second kappa shape index (κ2) is 8.70. The molecule has 1 amide bonds. The molecule has 4 heteroatoms. The fourth-order valence-corrected chi connectivity index (χ4v) is 1.28. The van der Waals surface area contributed by atoms with E-state index in [1.165, 1.54) is 0 Å². The number of amides is 1. The quantitative estimate of drug-likeness (QED) is 0.872. The van der Waals surface area contributed by atoms with Crippen molar-refractivity contribution in [2.24, 2.45) is 0 Å². The van der Waals surface area contributed by atoms with Crippen LogP contribution in [0, 0.1) is 0 Å². The van der Waals surface area contributed by atoms with Crippen molar-refractivity contribution in [2.75, 3.05) is 6.54 Å². The Bertz CT molecular complexity index is 323. The highest BCUT2D eigenvalue weighted by Gasteiger charge is 2.07. The van der Waals surface area contributed by atoms with Crippen LogP contribution in [0.25, 0.3) is 0 Å². The van der Waals surface area contributed by atoms with Crippen LogP contribution in [-0.2, 0) is 17.9 Å². The van der Waals surface area contributed by atoms with Crippen LogP contribution in [0.15, 0.2) is 18.3 Å². The molecule has 1 aromatic rings. The predicted octanol–water partition coefficient (Wildman–Crippen LogP) is 1.97. The molecule has 1 rings (SSSR count). The van der Waals surface area contributed by atoms with Crippen molar-refractivity contribution in [1.82, 2.24) is 9.88 Å². The van der Waals surface area contributed by atoms with E-state index < -0.39 is 0 Å². The molecule has 0 bridgehead atoms. The van der Waals surface area contributed by atoms with Crippen LogP contribution < -0.4 is 0 Å². The second-order valence-corrected chi connectivity index (χ2v) is 3.35. The van der Waals surface area contributed by atoms with E-state index in [1.54, 1.807) is 18.0 Å². The van der Waals surface area contributed by atoms with Crippen LogP contribution >= 0.6 is 0 Å². The summed E-state index contributed by atoms with van der Waals surface area (Å²) < 4.78 is 0. The Morgan fingerprint density at radius 2 is 2.06 bits per heavy atom. The minimum absolute atomic E-state index is 0.00250. The fraction of sp³-hybridized carbons (Fsp3) is 0.538. The van der Waals surface area contributed by atoms with Crippen molar-refractivity contribution in [3.05, 3.63) is 29.6 Å². The van der Waals surface area contributed by atoms with Gasteiger partial charge in [0.1, 0.15) is 0 Å². The third kappa shape index (κ3) is 5.45. The van der Waals surface area contributed by atoms with Gasteiger partial charge in [-0.3, -0.25) is 9.78 Å². The molecule has 0 aliphatic carbocycles.